The second kappa shape index (κ2) is 18.5. The van der Waals surface area contributed by atoms with E-state index in [9.17, 15) is 26.4 Å². The molecule has 0 radical (unpaired) electrons. The summed E-state index contributed by atoms with van der Waals surface area (Å²) in [5.41, 5.74) is 5.44. The Morgan fingerprint density at radius 2 is 1.18 bits per heavy atom. The molecule has 2 aliphatic rings. The molecule has 4 aromatic carbocycles. The fraction of sp³-hybridized carbons (Fsp3) is 0.234. The summed E-state index contributed by atoms with van der Waals surface area (Å²) in [5.74, 6) is 1.65. The van der Waals surface area contributed by atoms with Crippen LogP contribution in [0.5, 0.6) is 23.0 Å². The first-order valence-electron chi connectivity index (χ1n) is 20.4. The number of aromatic nitrogens is 2. The Bertz CT molecular complexity index is 3200. The average molecular weight is 951 g/mol. The van der Waals surface area contributed by atoms with Crippen molar-refractivity contribution in [2.75, 3.05) is 49.4 Å². The number of thiophene rings is 1. The summed E-state index contributed by atoms with van der Waals surface area (Å²) in [7, 11) is -0.975. The SMILES string of the molecule is COc1ccc(COc2c3c(c(N(C)S(C)(=O)=O)c4cccnc24)CN(Cc2cccs2)C3=O)cc1.COc1ccc(COc2c3c(c(N(C)S(C)(=O)=O)c4cccnc24)CNC3=O)cc1. The first-order valence-corrected chi connectivity index (χ1v) is 25.0. The highest BCUT2D eigenvalue weighted by Crippen LogP contribution is 2.46. The molecule has 16 nitrogen and oxygen atoms in total. The summed E-state index contributed by atoms with van der Waals surface area (Å²) in [6.45, 7) is 1.34. The minimum Gasteiger partial charge on any atom is -0.497 e. The predicted octanol–water partition coefficient (Wildman–Crippen LogP) is 6.90. The second-order valence-electron chi connectivity index (χ2n) is 15.5. The van der Waals surface area contributed by atoms with Crippen LogP contribution in [0.3, 0.4) is 0 Å². The van der Waals surface area contributed by atoms with E-state index in [0.29, 0.717) is 73.5 Å². The molecule has 1 N–H and O–H groups in total. The largest absolute Gasteiger partial charge is 0.497 e. The van der Waals surface area contributed by atoms with Gasteiger partial charge in [0.2, 0.25) is 20.0 Å². The Morgan fingerprint density at radius 1 is 0.682 bits per heavy atom. The standard InChI is InChI=1S/C26H25N3O5S2.C21H21N3O5S/c1-28(36(3,31)32)24-20-7-4-12-27-23(20)25(34-16-17-8-10-18(33-2)11-9-17)22-21(24)15-29(26(22)30)14-19-6-5-13-35-19;1-24(30(3,26)27)19-15-5-4-10-22-18(15)20(17-16(19)11-23-21(17)25)29-12-13-6-8-14(28-2)9-7-13/h4-13H,14-16H2,1-3H3;4-10H,11-12H2,1-3H3,(H,23,25). The number of nitrogens with zero attached hydrogens (tertiary/aromatic N) is 5. The summed E-state index contributed by atoms with van der Waals surface area (Å²) >= 11 is 1.57. The van der Waals surface area contributed by atoms with Gasteiger partial charge in [-0.25, -0.2) is 16.8 Å². The predicted molar refractivity (Wildman–Crippen MR) is 254 cm³/mol. The molecular weight excluding hydrogens is 905 g/mol. The number of rotatable bonds is 14. The van der Waals surface area contributed by atoms with E-state index in [-0.39, 0.29) is 38.1 Å². The molecule has 0 atom stereocenters. The number of carbonyl (C=O) groups is 2. The third-order valence-electron chi connectivity index (χ3n) is 11.3. The number of fused-ring (bicyclic) bond motifs is 4. The van der Waals surface area contributed by atoms with Crippen LogP contribution in [0.4, 0.5) is 11.4 Å². The first-order chi connectivity index (χ1) is 31.6. The molecule has 9 rings (SSSR count). The van der Waals surface area contributed by atoms with E-state index in [1.165, 1.54) is 22.7 Å². The minimum atomic E-state index is -3.60. The smallest absolute Gasteiger partial charge is 0.258 e. The molecule has 342 valence electrons. The van der Waals surface area contributed by atoms with Crippen LogP contribution in [0.25, 0.3) is 21.8 Å². The Hall–Kier alpha value is -6.96. The number of pyridine rings is 2. The van der Waals surface area contributed by atoms with E-state index in [0.717, 1.165) is 40.0 Å². The van der Waals surface area contributed by atoms with Crippen LogP contribution in [0.1, 0.15) is 47.8 Å². The molecular formula is C47H46N6O10S3. The third kappa shape index (κ3) is 9.01. The molecule has 0 spiro atoms. The zero-order valence-electron chi connectivity index (χ0n) is 36.9. The molecule has 0 fully saturated rings. The Morgan fingerprint density at radius 3 is 1.65 bits per heavy atom. The number of sulfonamides is 2. The molecule has 19 heteroatoms. The fourth-order valence-electron chi connectivity index (χ4n) is 7.90. The van der Waals surface area contributed by atoms with E-state index >= 15 is 0 Å². The molecule has 0 aliphatic carbocycles. The zero-order chi connectivity index (χ0) is 46.9. The summed E-state index contributed by atoms with van der Waals surface area (Å²) < 4.78 is 74.9. The van der Waals surface area contributed by atoms with Crippen LogP contribution < -0.4 is 32.9 Å². The number of benzene rings is 4. The topological polar surface area (TPSA) is 187 Å². The lowest BCUT2D eigenvalue weighted by Crippen LogP contribution is -2.26. The molecule has 5 heterocycles. The third-order valence-corrected chi connectivity index (χ3v) is 14.5. The molecule has 66 heavy (non-hydrogen) atoms. The van der Waals surface area contributed by atoms with Crippen molar-refractivity contribution in [2.24, 2.45) is 0 Å². The second-order valence-corrected chi connectivity index (χ2v) is 20.6. The lowest BCUT2D eigenvalue weighted by molar-refractivity contribution is 0.0764. The van der Waals surface area contributed by atoms with Crippen LogP contribution >= 0.6 is 11.3 Å². The van der Waals surface area contributed by atoms with Crippen molar-refractivity contribution in [3.63, 3.8) is 0 Å². The van der Waals surface area contributed by atoms with Gasteiger partial charge in [0.05, 0.1) is 55.8 Å². The van der Waals surface area contributed by atoms with Gasteiger partial charge < -0.3 is 29.2 Å². The summed E-state index contributed by atoms with van der Waals surface area (Å²) in [4.78, 5) is 38.1. The highest BCUT2D eigenvalue weighted by Gasteiger charge is 2.38. The molecule has 7 aromatic rings. The Balaban J connectivity index is 0.000000182. The van der Waals surface area contributed by atoms with Gasteiger partial charge in [-0.05, 0) is 71.1 Å². The molecule has 2 amide bonds. The Kier molecular flexibility index (Phi) is 12.8. The number of nitrogens with one attached hydrogen (secondary N) is 1. The zero-order valence-corrected chi connectivity index (χ0v) is 39.3. The fourth-order valence-corrected chi connectivity index (χ4v) is 9.70. The van der Waals surface area contributed by atoms with Crippen molar-refractivity contribution < 1.29 is 45.4 Å². The number of carbonyl (C=O) groups excluding carboxylic acids is 2. The number of hydrogen-bond donors (Lipinski definition) is 1. The normalized spacial score (nSPS) is 13.2. The number of ether oxygens (including phenoxy) is 4. The highest BCUT2D eigenvalue weighted by atomic mass is 32.2. The van der Waals surface area contributed by atoms with Crippen molar-refractivity contribution >= 4 is 76.4 Å². The van der Waals surface area contributed by atoms with E-state index < -0.39 is 20.0 Å². The van der Waals surface area contributed by atoms with Crippen LogP contribution in [-0.4, -0.2) is 84.3 Å². The van der Waals surface area contributed by atoms with Gasteiger partial charge in [-0.2, -0.15) is 0 Å². The van der Waals surface area contributed by atoms with Crippen LogP contribution in [-0.2, 0) is 52.9 Å². The maximum Gasteiger partial charge on any atom is 0.258 e. The van der Waals surface area contributed by atoms with Gasteiger partial charge in [-0.15, -0.1) is 11.3 Å². The minimum absolute atomic E-state index is 0.209. The number of methoxy groups -OCH3 is 2. The lowest BCUT2D eigenvalue weighted by atomic mass is 10.0. The quantitative estimate of drug-likeness (QED) is 0.119. The van der Waals surface area contributed by atoms with E-state index in [1.54, 1.807) is 61.0 Å². The number of anilines is 2. The molecule has 0 saturated heterocycles. The van der Waals surface area contributed by atoms with Gasteiger partial charge in [-0.1, -0.05) is 30.3 Å². The van der Waals surface area contributed by atoms with Crippen LogP contribution in [0, 0.1) is 0 Å². The number of hydrogen-bond acceptors (Lipinski definition) is 13. The summed E-state index contributed by atoms with van der Waals surface area (Å²) in [5, 5.41) is 5.95. The maximum absolute atomic E-state index is 13.7. The van der Waals surface area contributed by atoms with E-state index in [1.807, 2.05) is 72.1 Å². The molecule has 3 aromatic heterocycles. The molecule has 0 saturated carbocycles. The van der Waals surface area contributed by atoms with Gasteiger partial charge in [0.1, 0.15) is 35.7 Å². The van der Waals surface area contributed by atoms with Gasteiger partial charge in [0.15, 0.2) is 11.5 Å². The maximum atomic E-state index is 13.7. The molecule has 0 bridgehead atoms. The van der Waals surface area contributed by atoms with E-state index in [2.05, 4.69) is 15.3 Å². The highest BCUT2D eigenvalue weighted by molar-refractivity contribution is 7.92. The lowest BCUT2D eigenvalue weighted by Gasteiger charge is -2.23. The summed E-state index contributed by atoms with van der Waals surface area (Å²) in [6.07, 6.45) is 5.48. The van der Waals surface area contributed by atoms with Gasteiger partial charge in [-0.3, -0.25) is 28.2 Å². The molecule has 0 unspecified atom stereocenters. The summed E-state index contributed by atoms with van der Waals surface area (Å²) in [6, 6.07) is 25.9. The van der Waals surface area contributed by atoms with Crippen LogP contribution in [0.2, 0.25) is 0 Å². The van der Waals surface area contributed by atoms with Crippen molar-refractivity contribution in [3.8, 4) is 23.0 Å². The number of amides is 2. The van der Waals surface area contributed by atoms with Gasteiger partial charge in [0.25, 0.3) is 11.8 Å². The van der Waals surface area contributed by atoms with Crippen LogP contribution in [0.15, 0.2) is 103 Å². The monoisotopic (exact) mass is 950 g/mol. The Labute approximate surface area is 386 Å². The van der Waals surface area contributed by atoms with Gasteiger partial charge >= 0.3 is 0 Å². The van der Waals surface area contributed by atoms with E-state index in [4.69, 9.17) is 18.9 Å². The average Bonchev–Trinajstić information content (AvgIpc) is 4.05. The van der Waals surface area contributed by atoms with Gasteiger partial charge in [0, 0.05) is 66.4 Å². The first kappa shape index (κ1) is 45.6. The van der Waals surface area contributed by atoms with Crippen molar-refractivity contribution in [2.45, 2.75) is 32.8 Å². The van der Waals surface area contributed by atoms with Crippen molar-refractivity contribution in [1.82, 2.24) is 20.2 Å². The van der Waals surface area contributed by atoms with Crippen molar-refractivity contribution in [3.05, 3.63) is 141 Å². The molecule has 2 aliphatic heterocycles. The van der Waals surface area contributed by atoms with Crippen molar-refractivity contribution in [1.29, 1.82) is 0 Å².